The zero-order valence-electron chi connectivity index (χ0n) is 14.6. The second-order valence-electron chi connectivity index (χ2n) is 6.21. The maximum absolute atomic E-state index is 13.0. The summed E-state index contributed by atoms with van der Waals surface area (Å²) >= 11 is 1.42. The average molecular weight is 377 g/mol. The summed E-state index contributed by atoms with van der Waals surface area (Å²) < 4.78 is 9.15. The quantitative estimate of drug-likeness (QED) is 0.513. The molecular formula is C19H15N5O2S. The van der Waals surface area contributed by atoms with E-state index in [4.69, 9.17) is 4.42 Å². The predicted molar refractivity (Wildman–Crippen MR) is 104 cm³/mol. The first-order valence-corrected chi connectivity index (χ1v) is 9.19. The Morgan fingerprint density at radius 3 is 2.93 bits per heavy atom. The molecule has 0 aromatic carbocycles. The minimum Gasteiger partial charge on any atom is -0.463 e. The van der Waals surface area contributed by atoms with Crippen LogP contribution in [-0.4, -0.2) is 25.1 Å². The molecule has 5 aromatic rings. The third kappa shape index (κ3) is 2.45. The van der Waals surface area contributed by atoms with E-state index in [1.807, 2.05) is 54.9 Å². The number of imidazole rings is 1. The molecule has 0 aliphatic carbocycles. The lowest BCUT2D eigenvalue weighted by molar-refractivity contribution is 0.103. The Morgan fingerprint density at radius 2 is 2.15 bits per heavy atom. The van der Waals surface area contributed by atoms with Crippen molar-refractivity contribution >= 4 is 38.9 Å². The smallest absolute Gasteiger partial charge is 0.267 e. The zero-order valence-corrected chi connectivity index (χ0v) is 15.4. The molecule has 27 heavy (non-hydrogen) atoms. The van der Waals surface area contributed by atoms with Gasteiger partial charge >= 0.3 is 0 Å². The van der Waals surface area contributed by atoms with Crippen molar-refractivity contribution < 1.29 is 9.21 Å². The number of anilines is 1. The number of aryl methyl sites for hydroxylation is 2. The molecule has 0 aliphatic heterocycles. The predicted octanol–water partition coefficient (Wildman–Crippen LogP) is 4.10. The molecule has 134 valence electrons. The molecule has 5 aromatic heterocycles. The van der Waals surface area contributed by atoms with Crippen LogP contribution in [0.5, 0.6) is 0 Å². The first-order chi connectivity index (χ1) is 13.1. The SMILES string of the molecule is Cc1nn(C)c2sc(C(=O)Nc3c(-c4ccco4)nc4ccccn34)cc12. The number of thiophene rings is 1. The van der Waals surface area contributed by atoms with Crippen molar-refractivity contribution in [1.82, 2.24) is 19.2 Å². The van der Waals surface area contributed by atoms with E-state index < -0.39 is 0 Å². The van der Waals surface area contributed by atoms with E-state index in [0.29, 0.717) is 22.1 Å². The summed E-state index contributed by atoms with van der Waals surface area (Å²) in [6, 6.07) is 11.2. The largest absolute Gasteiger partial charge is 0.463 e. The standard InChI is InChI=1S/C19H15N5O2S/c1-11-12-10-14(27-19(12)23(2)22-11)18(25)21-17-16(13-6-5-9-26-13)20-15-7-3-4-8-24(15)17/h3-10H,1-2H3,(H,21,25). The lowest BCUT2D eigenvalue weighted by atomic mass is 10.3. The lowest BCUT2D eigenvalue weighted by Gasteiger charge is -2.05. The summed E-state index contributed by atoms with van der Waals surface area (Å²) in [5.74, 6) is 0.997. The number of rotatable bonds is 3. The Kier molecular flexibility index (Phi) is 3.41. The van der Waals surface area contributed by atoms with Gasteiger partial charge in [-0.15, -0.1) is 11.3 Å². The maximum atomic E-state index is 13.0. The van der Waals surface area contributed by atoms with Crippen LogP contribution in [0, 0.1) is 6.92 Å². The third-order valence-corrected chi connectivity index (χ3v) is 5.64. The lowest BCUT2D eigenvalue weighted by Crippen LogP contribution is -2.12. The van der Waals surface area contributed by atoms with Gasteiger partial charge in [-0.3, -0.25) is 13.9 Å². The van der Waals surface area contributed by atoms with Gasteiger partial charge in [0, 0.05) is 18.6 Å². The van der Waals surface area contributed by atoms with E-state index in [-0.39, 0.29) is 5.91 Å². The van der Waals surface area contributed by atoms with Gasteiger partial charge in [0.15, 0.2) is 5.76 Å². The van der Waals surface area contributed by atoms with Gasteiger partial charge in [0.05, 0.1) is 16.8 Å². The number of furan rings is 1. The van der Waals surface area contributed by atoms with E-state index in [0.717, 1.165) is 21.6 Å². The van der Waals surface area contributed by atoms with Gasteiger partial charge in [0.1, 0.15) is 22.0 Å². The molecule has 5 rings (SSSR count). The number of nitrogens with zero attached hydrogens (tertiary/aromatic N) is 4. The molecule has 1 amide bonds. The summed E-state index contributed by atoms with van der Waals surface area (Å²) in [6.07, 6.45) is 3.45. The van der Waals surface area contributed by atoms with Gasteiger partial charge in [0.2, 0.25) is 0 Å². The van der Waals surface area contributed by atoms with Crippen LogP contribution in [0.1, 0.15) is 15.4 Å². The highest BCUT2D eigenvalue weighted by Gasteiger charge is 2.21. The second-order valence-corrected chi connectivity index (χ2v) is 7.24. The van der Waals surface area contributed by atoms with E-state index in [1.54, 1.807) is 17.0 Å². The van der Waals surface area contributed by atoms with Crippen LogP contribution in [0.15, 0.2) is 53.3 Å². The first kappa shape index (κ1) is 15.8. The van der Waals surface area contributed by atoms with Crippen molar-refractivity contribution in [2.75, 3.05) is 5.32 Å². The van der Waals surface area contributed by atoms with Gasteiger partial charge < -0.3 is 9.73 Å². The van der Waals surface area contributed by atoms with E-state index >= 15 is 0 Å². The normalized spacial score (nSPS) is 11.5. The Hall–Kier alpha value is -3.39. The van der Waals surface area contributed by atoms with Gasteiger partial charge in [-0.25, -0.2) is 4.98 Å². The van der Waals surface area contributed by atoms with Crippen LogP contribution < -0.4 is 5.32 Å². The minimum atomic E-state index is -0.186. The fourth-order valence-corrected chi connectivity index (χ4v) is 4.21. The molecule has 0 aliphatic rings. The number of hydrogen-bond acceptors (Lipinski definition) is 5. The van der Waals surface area contributed by atoms with E-state index in [2.05, 4.69) is 15.4 Å². The molecule has 0 spiro atoms. The number of nitrogens with one attached hydrogen (secondary N) is 1. The fourth-order valence-electron chi connectivity index (χ4n) is 3.19. The number of hydrogen-bond donors (Lipinski definition) is 1. The Bertz CT molecular complexity index is 1260. The molecule has 0 unspecified atom stereocenters. The van der Waals surface area contributed by atoms with Crippen LogP contribution in [0.25, 0.3) is 27.3 Å². The number of aromatic nitrogens is 4. The molecule has 0 fully saturated rings. The highest BCUT2D eigenvalue weighted by atomic mass is 32.1. The molecule has 5 heterocycles. The fraction of sp³-hybridized carbons (Fsp3) is 0.105. The van der Waals surface area contributed by atoms with Gasteiger partial charge in [-0.05, 0) is 37.3 Å². The highest BCUT2D eigenvalue weighted by Crippen LogP contribution is 2.31. The number of pyridine rings is 1. The number of amides is 1. The molecular weight excluding hydrogens is 362 g/mol. The molecule has 7 nitrogen and oxygen atoms in total. The van der Waals surface area contributed by atoms with Crippen molar-refractivity contribution in [2.45, 2.75) is 6.92 Å². The third-order valence-electron chi connectivity index (χ3n) is 4.44. The number of fused-ring (bicyclic) bond motifs is 2. The van der Waals surface area contributed by atoms with Crippen molar-refractivity contribution in [3.05, 3.63) is 59.4 Å². The van der Waals surface area contributed by atoms with E-state index in [1.165, 1.54) is 11.3 Å². The monoisotopic (exact) mass is 377 g/mol. The van der Waals surface area contributed by atoms with Crippen molar-refractivity contribution in [1.29, 1.82) is 0 Å². The Morgan fingerprint density at radius 1 is 1.26 bits per heavy atom. The molecule has 0 saturated heterocycles. The van der Waals surface area contributed by atoms with Crippen LogP contribution in [0.2, 0.25) is 0 Å². The van der Waals surface area contributed by atoms with Crippen LogP contribution in [0.3, 0.4) is 0 Å². The summed E-state index contributed by atoms with van der Waals surface area (Å²) in [5.41, 5.74) is 2.24. The summed E-state index contributed by atoms with van der Waals surface area (Å²) in [4.78, 5) is 19.2. The Balaban J connectivity index is 1.60. The van der Waals surface area contributed by atoms with Crippen molar-refractivity contribution in [2.24, 2.45) is 7.05 Å². The van der Waals surface area contributed by atoms with Gasteiger partial charge in [-0.2, -0.15) is 5.10 Å². The van der Waals surface area contributed by atoms with Crippen molar-refractivity contribution in [3.63, 3.8) is 0 Å². The molecule has 1 N–H and O–H groups in total. The maximum Gasteiger partial charge on any atom is 0.267 e. The Labute approximate surface area is 157 Å². The molecule has 8 heteroatoms. The van der Waals surface area contributed by atoms with Gasteiger partial charge in [-0.1, -0.05) is 6.07 Å². The van der Waals surface area contributed by atoms with Gasteiger partial charge in [0.25, 0.3) is 5.91 Å². The first-order valence-electron chi connectivity index (χ1n) is 8.37. The number of carbonyl (C=O) groups is 1. The van der Waals surface area contributed by atoms with E-state index in [9.17, 15) is 4.79 Å². The molecule has 0 radical (unpaired) electrons. The summed E-state index contributed by atoms with van der Waals surface area (Å²) in [5, 5.41) is 8.39. The average Bonchev–Trinajstić information content (AvgIpc) is 3.42. The molecule has 0 saturated carbocycles. The summed E-state index contributed by atoms with van der Waals surface area (Å²) in [6.45, 7) is 1.94. The number of carbonyl (C=O) groups excluding carboxylic acids is 1. The zero-order chi connectivity index (χ0) is 18.5. The second kappa shape index (κ2) is 5.82. The van der Waals surface area contributed by atoms with Crippen LogP contribution in [0.4, 0.5) is 5.82 Å². The topological polar surface area (TPSA) is 77.4 Å². The summed E-state index contributed by atoms with van der Waals surface area (Å²) in [7, 11) is 1.88. The van der Waals surface area contributed by atoms with Crippen LogP contribution >= 0.6 is 11.3 Å². The van der Waals surface area contributed by atoms with Crippen LogP contribution in [-0.2, 0) is 7.05 Å². The molecule has 0 atom stereocenters. The van der Waals surface area contributed by atoms with Crippen molar-refractivity contribution in [3.8, 4) is 11.5 Å². The molecule has 0 bridgehead atoms. The highest BCUT2D eigenvalue weighted by molar-refractivity contribution is 7.20. The minimum absolute atomic E-state index is 0.186.